The highest BCUT2D eigenvalue weighted by atomic mass is 16.7. The first-order valence-electron chi connectivity index (χ1n) is 9.06. The van der Waals surface area contributed by atoms with Crippen LogP contribution in [0, 0.1) is 10.1 Å². The maximum absolute atomic E-state index is 13.2. The van der Waals surface area contributed by atoms with Crippen LogP contribution in [-0.2, 0) is 6.54 Å². The van der Waals surface area contributed by atoms with Gasteiger partial charge in [0.15, 0.2) is 11.5 Å². The van der Waals surface area contributed by atoms with Crippen molar-refractivity contribution in [3.63, 3.8) is 0 Å². The second-order valence-corrected chi connectivity index (χ2v) is 6.87. The molecule has 1 aliphatic carbocycles. The molecule has 1 fully saturated rings. The van der Waals surface area contributed by atoms with Crippen LogP contribution in [0.25, 0.3) is 0 Å². The van der Waals surface area contributed by atoms with E-state index in [9.17, 15) is 14.9 Å². The Morgan fingerprint density at radius 2 is 1.89 bits per heavy atom. The summed E-state index contributed by atoms with van der Waals surface area (Å²) < 4.78 is 10.8. The van der Waals surface area contributed by atoms with Crippen molar-refractivity contribution >= 4 is 11.6 Å². The number of carbonyl (C=O) groups excluding carboxylic acids is 1. The number of hydrogen-bond donors (Lipinski definition) is 0. The molecular formula is C20H20N2O5. The number of ether oxygens (including phenoxy) is 2. The number of rotatable bonds is 5. The van der Waals surface area contributed by atoms with E-state index in [1.54, 1.807) is 12.1 Å². The molecule has 2 aliphatic rings. The normalized spacial score (nSPS) is 15.7. The van der Waals surface area contributed by atoms with Crippen molar-refractivity contribution in [1.29, 1.82) is 0 Å². The van der Waals surface area contributed by atoms with Gasteiger partial charge < -0.3 is 14.4 Å². The summed E-state index contributed by atoms with van der Waals surface area (Å²) in [5, 5.41) is 11.1. The van der Waals surface area contributed by atoms with E-state index >= 15 is 0 Å². The molecule has 7 nitrogen and oxygen atoms in total. The molecular weight excluding hydrogens is 348 g/mol. The fourth-order valence-electron chi connectivity index (χ4n) is 3.74. The lowest BCUT2D eigenvalue weighted by Crippen LogP contribution is -2.38. The average molecular weight is 368 g/mol. The minimum atomic E-state index is -0.478. The summed E-state index contributed by atoms with van der Waals surface area (Å²) in [6, 6.07) is 11.7. The number of amides is 1. The minimum absolute atomic E-state index is 0.0738. The van der Waals surface area contributed by atoms with Crippen molar-refractivity contribution in [1.82, 2.24) is 4.90 Å². The highest BCUT2D eigenvalue weighted by molar-refractivity contribution is 5.95. The van der Waals surface area contributed by atoms with Gasteiger partial charge in [-0.15, -0.1) is 0 Å². The molecule has 140 valence electrons. The topological polar surface area (TPSA) is 81.9 Å². The maximum Gasteiger partial charge on any atom is 0.270 e. The van der Waals surface area contributed by atoms with Crippen molar-refractivity contribution in [2.45, 2.75) is 38.3 Å². The third kappa shape index (κ3) is 3.58. The zero-order chi connectivity index (χ0) is 18.8. The van der Waals surface area contributed by atoms with E-state index in [1.165, 1.54) is 12.1 Å². The molecule has 0 aromatic heterocycles. The van der Waals surface area contributed by atoms with Gasteiger partial charge in [-0.25, -0.2) is 0 Å². The second-order valence-electron chi connectivity index (χ2n) is 6.87. The van der Waals surface area contributed by atoms with E-state index in [-0.39, 0.29) is 24.4 Å². The van der Waals surface area contributed by atoms with Crippen LogP contribution >= 0.6 is 0 Å². The molecule has 0 saturated heterocycles. The molecule has 0 spiro atoms. The highest BCUT2D eigenvalue weighted by Gasteiger charge is 2.28. The number of nitro benzene ring substituents is 1. The standard InChI is InChI=1S/C20H20N2O5/c23-20(15-4-3-7-17(11-15)22(24)25)21(16-5-1-2-6-16)12-14-8-9-18-19(10-14)27-13-26-18/h3-4,7-11,16H,1-2,5-6,12-13H2. The third-order valence-electron chi connectivity index (χ3n) is 5.12. The summed E-state index contributed by atoms with van der Waals surface area (Å²) in [5.41, 5.74) is 1.22. The summed E-state index contributed by atoms with van der Waals surface area (Å²) in [6.07, 6.45) is 4.07. The number of non-ortho nitro benzene ring substituents is 1. The van der Waals surface area contributed by atoms with Crippen molar-refractivity contribution in [2.75, 3.05) is 6.79 Å². The Balaban J connectivity index is 1.62. The summed E-state index contributed by atoms with van der Waals surface area (Å²) in [5.74, 6) is 1.21. The summed E-state index contributed by atoms with van der Waals surface area (Å²) in [6.45, 7) is 0.639. The molecule has 0 atom stereocenters. The van der Waals surface area contributed by atoms with Crippen molar-refractivity contribution in [2.24, 2.45) is 0 Å². The molecule has 7 heteroatoms. The number of carbonyl (C=O) groups is 1. The third-order valence-corrected chi connectivity index (χ3v) is 5.12. The smallest absolute Gasteiger partial charge is 0.270 e. The quantitative estimate of drug-likeness (QED) is 0.590. The highest BCUT2D eigenvalue weighted by Crippen LogP contribution is 2.34. The van der Waals surface area contributed by atoms with Gasteiger partial charge in [-0.05, 0) is 36.6 Å². The van der Waals surface area contributed by atoms with Crippen molar-refractivity contribution in [3.8, 4) is 11.5 Å². The monoisotopic (exact) mass is 368 g/mol. The van der Waals surface area contributed by atoms with E-state index in [0.717, 1.165) is 31.2 Å². The Kier molecular flexibility index (Phi) is 4.66. The van der Waals surface area contributed by atoms with Gasteiger partial charge in [-0.3, -0.25) is 14.9 Å². The van der Waals surface area contributed by atoms with Gasteiger partial charge in [0.25, 0.3) is 11.6 Å². The van der Waals surface area contributed by atoms with Crippen LogP contribution in [0.4, 0.5) is 5.69 Å². The molecule has 27 heavy (non-hydrogen) atoms. The zero-order valence-corrected chi connectivity index (χ0v) is 14.8. The molecule has 0 radical (unpaired) electrons. The van der Waals surface area contributed by atoms with Crippen molar-refractivity contribution in [3.05, 3.63) is 63.7 Å². The summed E-state index contributed by atoms with van der Waals surface area (Å²) in [7, 11) is 0. The predicted octanol–water partition coefficient (Wildman–Crippen LogP) is 3.91. The molecule has 1 aliphatic heterocycles. The van der Waals surface area contributed by atoms with Crippen LogP contribution in [-0.4, -0.2) is 28.6 Å². The fraction of sp³-hybridized carbons (Fsp3) is 0.350. The summed E-state index contributed by atoms with van der Waals surface area (Å²) in [4.78, 5) is 25.6. The van der Waals surface area contributed by atoms with Gasteiger partial charge in [0.2, 0.25) is 6.79 Å². The molecule has 0 unspecified atom stereocenters. The average Bonchev–Trinajstić information content (AvgIpc) is 3.37. The van der Waals surface area contributed by atoms with Crippen molar-refractivity contribution < 1.29 is 19.2 Å². The number of benzene rings is 2. The van der Waals surface area contributed by atoms with Gasteiger partial charge in [0, 0.05) is 30.3 Å². The minimum Gasteiger partial charge on any atom is -0.454 e. The van der Waals surface area contributed by atoms with Gasteiger partial charge in [-0.2, -0.15) is 0 Å². The first kappa shape index (κ1) is 17.3. The predicted molar refractivity (Wildman–Crippen MR) is 97.8 cm³/mol. The lowest BCUT2D eigenvalue weighted by atomic mass is 10.1. The Labute approximate surface area is 156 Å². The van der Waals surface area contributed by atoms with Crippen LogP contribution < -0.4 is 9.47 Å². The fourth-order valence-corrected chi connectivity index (χ4v) is 3.74. The largest absolute Gasteiger partial charge is 0.454 e. The van der Waals surface area contributed by atoms with E-state index in [2.05, 4.69) is 0 Å². The molecule has 4 rings (SSSR count). The van der Waals surface area contributed by atoms with Gasteiger partial charge in [-0.1, -0.05) is 25.0 Å². The molecule has 0 bridgehead atoms. The van der Waals surface area contributed by atoms with E-state index < -0.39 is 4.92 Å². The number of fused-ring (bicyclic) bond motifs is 1. The second kappa shape index (κ2) is 7.26. The molecule has 0 N–H and O–H groups in total. The Morgan fingerprint density at radius 1 is 1.11 bits per heavy atom. The number of nitrogens with zero attached hydrogens (tertiary/aromatic N) is 2. The Hall–Kier alpha value is -3.09. The molecule has 2 aromatic rings. The Bertz CT molecular complexity index is 876. The van der Waals surface area contributed by atoms with E-state index in [1.807, 2.05) is 23.1 Å². The van der Waals surface area contributed by atoms with Crippen LogP contribution in [0.1, 0.15) is 41.6 Å². The van der Waals surface area contributed by atoms with Gasteiger partial charge >= 0.3 is 0 Å². The SMILES string of the molecule is O=C(c1cccc([N+](=O)[O-])c1)N(Cc1ccc2c(c1)OCO2)C1CCCC1. The number of nitro groups is 1. The molecule has 2 aromatic carbocycles. The van der Waals surface area contributed by atoms with Crippen LogP contribution in [0.5, 0.6) is 11.5 Å². The molecule has 1 heterocycles. The lowest BCUT2D eigenvalue weighted by molar-refractivity contribution is -0.384. The Morgan fingerprint density at radius 3 is 2.67 bits per heavy atom. The first-order chi connectivity index (χ1) is 13.1. The van der Waals surface area contributed by atoms with E-state index in [4.69, 9.17) is 9.47 Å². The first-order valence-corrected chi connectivity index (χ1v) is 9.06. The van der Waals surface area contributed by atoms with Crippen LogP contribution in [0.15, 0.2) is 42.5 Å². The molecule has 1 amide bonds. The zero-order valence-electron chi connectivity index (χ0n) is 14.8. The maximum atomic E-state index is 13.2. The van der Waals surface area contributed by atoms with Crippen LogP contribution in [0.3, 0.4) is 0 Å². The van der Waals surface area contributed by atoms with Gasteiger partial charge in [0.05, 0.1) is 4.92 Å². The molecule has 1 saturated carbocycles. The lowest BCUT2D eigenvalue weighted by Gasteiger charge is -2.29. The van der Waals surface area contributed by atoms with Crippen LogP contribution in [0.2, 0.25) is 0 Å². The van der Waals surface area contributed by atoms with E-state index in [0.29, 0.717) is 23.6 Å². The number of hydrogen-bond acceptors (Lipinski definition) is 5. The van der Waals surface area contributed by atoms with Gasteiger partial charge in [0.1, 0.15) is 0 Å². The summed E-state index contributed by atoms with van der Waals surface area (Å²) >= 11 is 0.